The van der Waals surface area contributed by atoms with Crippen molar-refractivity contribution in [3.05, 3.63) is 42.1 Å². The predicted molar refractivity (Wildman–Crippen MR) is 72.1 cm³/mol. The number of para-hydroxylation sites is 1. The van der Waals surface area contributed by atoms with Crippen molar-refractivity contribution in [2.45, 2.75) is 13.5 Å². The molecule has 94 valence electrons. The van der Waals surface area contributed by atoms with Crippen LogP contribution < -0.4 is 10.6 Å². The van der Waals surface area contributed by atoms with Crippen molar-refractivity contribution in [3.63, 3.8) is 0 Å². The van der Waals surface area contributed by atoms with Crippen molar-refractivity contribution in [2.24, 2.45) is 0 Å². The van der Waals surface area contributed by atoms with Gasteiger partial charge >= 0.3 is 0 Å². The number of carbonyl (C=O) groups is 1. The summed E-state index contributed by atoms with van der Waals surface area (Å²) in [5, 5.41) is 7.00. The van der Waals surface area contributed by atoms with Gasteiger partial charge in [0, 0.05) is 24.7 Å². The Morgan fingerprint density at radius 1 is 1.28 bits per heavy atom. The number of rotatable bonds is 5. The number of carbonyl (C=O) groups excluding carboxylic acids is 1. The maximum absolute atomic E-state index is 11.3. The fourth-order valence-corrected chi connectivity index (χ4v) is 1.88. The van der Waals surface area contributed by atoms with E-state index in [9.17, 15) is 4.79 Å². The lowest BCUT2D eigenvalue weighted by molar-refractivity contribution is -0.120. The number of likely N-dealkylation sites (N-methyl/N-ethyl adjacent to an activating group) is 1. The number of nitrogens with zero attached hydrogens (tertiary/aromatic N) is 1. The first kappa shape index (κ1) is 12.5. The van der Waals surface area contributed by atoms with E-state index < -0.39 is 0 Å². The highest BCUT2D eigenvalue weighted by Gasteiger charge is 2.02. The number of hydrogen-bond acceptors (Lipinski definition) is 3. The third-order valence-corrected chi connectivity index (χ3v) is 2.69. The molecule has 1 amide bonds. The van der Waals surface area contributed by atoms with Gasteiger partial charge in [0.05, 0.1) is 12.1 Å². The van der Waals surface area contributed by atoms with Gasteiger partial charge in [-0.25, -0.2) is 0 Å². The number of hydrogen-bond donors (Lipinski definition) is 2. The van der Waals surface area contributed by atoms with Crippen molar-refractivity contribution < 1.29 is 4.79 Å². The van der Waals surface area contributed by atoms with Crippen molar-refractivity contribution in [1.29, 1.82) is 0 Å². The average Bonchev–Trinajstić information content (AvgIpc) is 2.39. The molecule has 18 heavy (non-hydrogen) atoms. The molecule has 0 unspecified atom stereocenters. The smallest absolute Gasteiger partial charge is 0.233 e. The van der Waals surface area contributed by atoms with Crippen molar-refractivity contribution in [1.82, 2.24) is 15.6 Å². The van der Waals surface area contributed by atoms with Crippen LogP contribution in [0.1, 0.15) is 12.5 Å². The molecular weight excluding hydrogens is 226 g/mol. The zero-order chi connectivity index (χ0) is 12.8. The van der Waals surface area contributed by atoms with Crippen LogP contribution in [0.4, 0.5) is 0 Å². The van der Waals surface area contributed by atoms with Crippen LogP contribution in [-0.4, -0.2) is 24.0 Å². The number of benzene rings is 1. The van der Waals surface area contributed by atoms with Crippen LogP contribution in [0.5, 0.6) is 0 Å². The summed E-state index contributed by atoms with van der Waals surface area (Å²) in [6.45, 7) is 3.55. The van der Waals surface area contributed by atoms with Crippen LogP contribution in [0.15, 0.2) is 36.5 Å². The first-order chi connectivity index (χ1) is 8.81. The highest BCUT2D eigenvalue weighted by atomic mass is 16.1. The van der Waals surface area contributed by atoms with E-state index in [1.165, 1.54) is 0 Å². The van der Waals surface area contributed by atoms with E-state index in [-0.39, 0.29) is 5.91 Å². The van der Waals surface area contributed by atoms with Crippen LogP contribution in [-0.2, 0) is 11.3 Å². The normalized spacial score (nSPS) is 10.5. The molecule has 0 aliphatic rings. The zero-order valence-electron chi connectivity index (χ0n) is 10.4. The third kappa shape index (κ3) is 3.05. The molecule has 4 nitrogen and oxygen atoms in total. The minimum absolute atomic E-state index is 0.0192. The summed E-state index contributed by atoms with van der Waals surface area (Å²) in [5.41, 5.74) is 2.10. The minimum Gasteiger partial charge on any atom is -0.355 e. The summed E-state index contributed by atoms with van der Waals surface area (Å²) in [6.07, 6.45) is 1.79. The lowest BCUT2D eigenvalue weighted by Crippen LogP contribution is -2.33. The van der Waals surface area contributed by atoms with Crippen molar-refractivity contribution in [2.75, 3.05) is 13.1 Å². The SMILES string of the molecule is CCNC(=O)CNCc1cccc2cccnc12. The van der Waals surface area contributed by atoms with Gasteiger partial charge in [-0.1, -0.05) is 24.3 Å². The summed E-state index contributed by atoms with van der Waals surface area (Å²) < 4.78 is 0. The average molecular weight is 243 g/mol. The largest absolute Gasteiger partial charge is 0.355 e. The van der Waals surface area contributed by atoms with Crippen LogP contribution in [0.2, 0.25) is 0 Å². The molecule has 2 aromatic rings. The van der Waals surface area contributed by atoms with Gasteiger partial charge in [0.1, 0.15) is 0 Å². The van der Waals surface area contributed by atoms with Crippen LogP contribution >= 0.6 is 0 Å². The highest BCUT2D eigenvalue weighted by Crippen LogP contribution is 2.15. The predicted octanol–water partition coefficient (Wildman–Crippen LogP) is 1.46. The molecule has 0 atom stereocenters. The second-order valence-corrected chi connectivity index (χ2v) is 4.05. The lowest BCUT2D eigenvalue weighted by atomic mass is 10.1. The molecule has 0 saturated heterocycles. The quantitative estimate of drug-likeness (QED) is 0.836. The monoisotopic (exact) mass is 243 g/mol. The maximum Gasteiger partial charge on any atom is 0.233 e. The summed E-state index contributed by atoms with van der Waals surface area (Å²) in [6, 6.07) is 10.0. The van der Waals surface area contributed by atoms with Crippen LogP contribution in [0.25, 0.3) is 10.9 Å². The molecule has 2 N–H and O–H groups in total. The molecule has 1 aromatic carbocycles. The highest BCUT2D eigenvalue weighted by molar-refractivity contribution is 5.81. The standard InChI is InChI=1S/C14H17N3O/c1-2-16-13(18)10-15-9-12-6-3-5-11-7-4-8-17-14(11)12/h3-8,15H,2,9-10H2,1H3,(H,16,18). The van der Waals surface area contributed by atoms with E-state index in [0.29, 0.717) is 19.6 Å². The molecule has 1 heterocycles. The van der Waals surface area contributed by atoms with E-state index in [1.54, 1.807) is 6.20 Å². The maximum atomic E-state index is 11.3. The van der Waals surface area contributed by atoms with Gasteiger partial charge in [-0.15, -0.1) is 0 Å². The number of aromatic nitrogens is 1. The lowest BCUT2D eigenvalue weighted by Gasteiger charge is -2.07. The molecule has 0 fully saturated rings. The van der Waals surface area contributed by atoms with E-state index in [0.717, 1.165) is 16.5 Å². The van der Waals surface area contributed by atoms with Gasteiger partial charge < -0.3 is 10.6 Å². The summed E-state index contributed by atoms with van der Waals surface area (Å²) in [4.78, 5) is 15.7. The molecule has 4 heteroatoms. The first-order valence-electron chi connectivity index (χ1n) is 6.11. The van der Waals surface area contributed by atoms with Gasteiger partial charge in [-0.05, 0) is 18.6 Å². The molecule has 0 radical (unpaired) electrons. The van der Waals surface area contributed by atoms with Gasteiger partial charge in [0.25, 0.3) is 0 Å². The topological polar surface area (TPSA) is 54.0 Å². The Hall–Kier alpha value is -1.94. The number of nitrogens with one attached hydrogen (secondary N) is 2. The fraction of sp³-hybridized carbons (Fsp3) is 0.286. The zero-order valence-corrected chi connectivity index (χ0v) is 10.4. The number of fused-ring (bicyclic) bond motifs is 1. The van der Waals surface area contributed by atoms with Gasteiger partial charge in [0.2, 0.25) is 5.91 Å². The molecule has 1 aromatic heterocycles. The van der Waals surface area contributed by atoms with Crippen LogP contribution in [0.3, 0.4) is 0 Å². The number of pyridine rings is 1. The molecule has 0 bridgehead atoms. The Morgan fingerprint density at radius 2 is 2.11 bits per heavy atom. The van der Waals surface area contributed by atoms with Gasteiger partial charge in [-0.3, -0.25) is 9.78 Å². The van der Waals surface area contributed by atoms with Gasteiger partial charge in [-0.2, -0.15) is 0 Å². The first-order valence-corrected chi connectivity index (χ1v) is 6.11. The Bertz CT molecular complexity index is 534. The second kappa shape index (κ2) is 6.12. The van der Waals surface area contributed by atoms with E-state index in [4.69, 9.17) is 0 Å². The van der Waals surface area contributed by atoms with E-state index in [1.807, 2.05) is 37.3 Å². The third-order valence-electron chi connectivity index (χ3n) is 2.69. The Labute approximate surface area is 106 Å². The number of amides is 1. The molecule has 0 spiro atoms. The summed E-state index contributed by atoms with van der Waals surface area (Å²) in [5.74, 6) is 0.0192. The van der Waals surface area contributed by atoms with E-state index >= 15 is 0 Å². The molecule has 2 rings (SSSR count). The molecular formula is C14H17N3O. The molecule has 0 aliphatic heterocycles. The van der Waals surface area contributed by atoms with Crippen LogP contribution in [0, 0.1) is 0 Å². The Balaban J connectivity index is 2.01. The van der Waals surface area contributed by atoms with Gasteiger partial charge in [0.15, 0.2) is 0 Å². The fourth-order valence-electron chi connectivity index (χ4n) is 1.88. The van der Waals surface area contributed by atoms with E-state index in [2.05, 4.69) is 15.6 Å². The van der Waals surface area contributed by atoms with Crippen molar-refractivity contribution in [3.8, 4) is 0 Å². The molecule has 0 saturated carbocycles. The Kier molecular flexibility index (Phi) is 4.25. The summed E-state index contributed by atoms with van der Waals surface area (Å²) >= 11 is 0. The Morgan fingerprint density at radius 3 is 2.94 bits per heavy atom. The molecule has 0 aliphatic carbocycles. The summed E-state index contributed by atoms with van der Waals surface area (Å²) in [7, 11) is 0. The second-order valence-electron chi connectivity index (χ2n) is 4.05. The van der Waals surface area contributed by atoms with Crippen molar-refractivity contribution >= 4 is 16.8 Å². The minimum atomic E-state index is 0.0192.